The lowest BCUT2D eigenvalue weighted by Crippen LogP contribution is -2.58. The number of terminal acetylenes is 1. The highest BCUT2D eigenvalue weighted by atomic mass is 32.1. The number of hydrogen-bond donors (Lipinski definition) is 0. The number of methoxy groups -OCH3 is 1. The Morgan fingerprint density at radius 3 is 2.69 bits per heavy atom. The molecule has 0 saturated carbocycles. The minimum Gasteiger partial charge on any atom is -0.497 e. The number of piperidine rings is 1. The standard InChI is InChI=1S/C28H28F4N5O4S/c1-3-11-40-23-12-17(39-2)7-8-18(23)24-14-19(35-41-24)21-16-42-28(33-21)37(9-5-4-6-10-37)25(38)15-36-22(27(31)32)13-20(34-36)26(29)30/h1,7-8,12-13,16,24,26-27H,4-6,9-11,14-15H2,2H3/q+1. The molecule has 4 heterocycles. The fourth-order valence-electron chi connectivity index (χ4n) is 5.16. The van der Waals surface area contributed by atoms with Crippen LogP contribution in [0.4, 0.5) is 22.7 Å². The van der Waals surface area contributed by atoms with Gasteiger partial charge in [0.2, 0.25) is 0 Å². The Balaban J connectivity index is 1.38. The van der Waals surface area contributed by atoms with E-state index in [1.807, 2.05) is 6.07 Å². The van der Waals surface area contributed by atoms with Crippen LogP contribution in [-0.4, -0.2) is 53.2 Å². The van der Waals surface area contributed by atoms with E-state index < -0.39 is 42.8 Å². The topological polar surface area (TPSA) is 87.8 Å². The Hall–Kier alpha value is -3.96. The van der Waals surface area contributed by atoms with E-state index in [1.54, 1.807) is 24.6 Å². The van der Waals surface area contributed by atoms with Crippen LogP contribution in [-0.2, 0) is 16.2 Å². The quantitative estimate of drug-likeness (QED) is 0.164. The van der Waals surface area contributed by atoms with Crippen molar-refractivity contribution < 1.29 is 36.7 Å². The van der Waals surface area contributed by atoms with Gasteiger partial charge in [0.15, 0.2) is 12.6 Å². The minimum absolute atomic E-state index is 0.0604. The molecule has 5 rings (SSSR count). The van der Waals surface area contributed by atoms with Crippen molar-refractivity contribution in [1.29, 1.82) is 0 Å². The summed E-state index contributed by atoms with van der Waals surface area (Å²) >= 11 is 1.26. The zero-order valence-corrected chi connectivity index (χ0v) is 23.5. The highest BCUT2D eigenvalue weighted by molar-refractivity contribution is 7.13. The van der Waals surface area contributed by atoms with Crippen molar-refractivity contribution in [2.75, 3.05) is 26.8 Å². The summed E-state index contributed by atoms with van der Waals surface area (Å²) < 4.78 is 65.1. The molecule has 14 heteroatoms. The Kier molecular flexibility index (Phi) is 8.79. The monoisotopic (exact) mass is 606 g/mol. The molecule has 3 aromatic rings. The molecular formula is C28H28F4N5O4S+. The van der Waals surface area contributed by atoms with E-state index in [2.05, 4.69) is 16.2 Å². The molecular weight excluding hydrogens is 578 g/mol. The molecule has 1 amide bonds. The Morgan fingerprint density at radius 1 is 1.21 bits per heavy atom. The van der Waals surface area contributed by atoms with Gasteiger partial charge in [-0.1, -0.05) is 22.4 Å². The molecule has 0 radical (unpaired) electrons. The van der Waals surface area contributed by atoms with E-state index in [0.717, 1.165) is 12.0 Å². The van der Waals surface area contributed by atoms with Crippen LogP contribution in [0.25, 0.3) is 0 Å². The summed E-state index contributed by atoms with van der Waals surface area (Å²) in [6.45, 7) is 0.300. The van der Waals surface area contributed by atoms with Crippen LogP contribution < -0.4 is 14.0 Å². The summed E-state index contributed by atoms with van der Waals surface area (Å²) in [7, 11) is 1.54. The fraction of sp³-hybridized carbons (Fsp3) is 0.429. The minimum atomic E-state index is -3.06. The van der Waals surface area contributed by atoms with Crippen LogP contribution in [0.5, 0.6) is 11.5 Å². The van der Waals surface area contributed by atoms with Crippen molar-refractivity contribution in [3.05, 3.63) is 52.3 Å². The van der Waals surface area contributed by atoms with Crippen molar-refractivity contribution in [1.82, 2.24) is 19.2 Å². The van der Waals surface area contributed by atoms with E-state index in [0.29, 0.717) is 71.1 Å². The highest BCUT2D eigenvalue weighted by Crippen LogP contribution is 2.39. The molecule has 0 bridgehead atoms. The molecule has 222 valence electrons. The SMILES string of the molecule is C#CCOc1cc(OC)ccc1C1CC(c2csc([N+]3(C(=O)Cn4nc(C(F)F)cc4C(F)F)CCCCC3)n2)=NO1. The third-order valence-corrected chi connectivity index (χ3v) is 8.31. The number of carbonyl (C=O) groups excluding carboxylic acids is 1. The van der Waals surface area contributed by atoms with Gasteiger partial charge in [-0.2, -0.15) is 10.1 Å². The molecule has 0 spiro atoms. The van der Waals surface area contributed by atoms with Crippen LogP contribution in [0.1, 0.15) is 67.3 Å². The number of quaternary nitrogens is 1. The van der Waals surface area contributed by atoms with E-state index in [9.17, 15) is 22.4 Å². The molecule has 42 heavy (non-hydrogen) atoms. The lowest BCUT2D eigenvalue weighted by molar-refractivity contribution is -0.132. The van der Waals surface area contributed by atoms with Gasteiger partial charge in [0.25, 0.3) is 18.0 Å². The number of aromatic nitrogens is 3. The van der Waals surface area contributed by atoms with Gasteiger partial charge in [-0.15, -0.1) is 6.42 Å². The average molecular weight is 607 g/mol. The summed E-state index contributed by atoms with van der Waals surface area (Å²) in [5, 5.41) is 10.1. The van der Waals surface area contributed by atoms with Gasteiger partial charge in [-0.05, 0) is 37.5 Å². The van der Waals surface area contributed by atoms with Gasteiger partial charge in [0.05, 0.1) is 20.2 Å². The van der Waals surface area contributed by atoms with Crippen molar-refractivity contribution in [2.24, 2.45) is 5.16 Å². The number of benzene rings is 1. The van der Waals surface area contributed by atoms with Gasteiger partial charge < -0.3 is 14.3 Å². The Bertz CT molecular complexity index is 1510. The normalized spacial score (nSPS) is 18.0. The van der Waals surface area contributed by atoms with Gasteiger partial charge in [0, 0.05) is 23.4 Å². The third-order valence-electron chi connectivity index (χ3n) is 7.32. The first kappa shape index (κ1) is 29.5. The molecule has 1 saturated heterocycles. The fourth-order valence-corrected chi connectivity index (χ4v) is 6.21. The number of rotatable bonds is 10. The first-order valence-corrected chi connectivity index (χ1v) is 14.1. The summed E-state index contributed by atoms with van der Waals surface area (Å²) in [5.74, 6) is 3.09. The highest BCUT2D eigenvalue weighted by Gasteiger charge is 2.44. The largest absolute Gasteiger partial charge is 0.497 e. The Morgan fingerprint density at radius 2 is 2.00 bits per heavy atom. The molecule has 0 aliphatic carbocycles. The molecule has 1 unspecified atom stereocenters. The van der Waals surface area contributed by atoms with Crippen LogP contribution >= 0.6 is 11.3 Å². The summed E-state index contributed by atoms with van der Waals surface area (Å²) in [5.41, 5.74) is 0.310. The van der Waals surface area contributed by atoms with Crippen LogP contribution in [0.3, 0.4) is 0 Å². The molecule has 2 aromatic heterocycles. The summed E-state index contributed by atoms with van der Waals surface area (Å²) in [6.07, 6.45) is 1.50. The Labute approximate surface area is 243 Å². The maximum atomic E-state index is 13.7. The molecule has 0 N–H and O–H groups in total. The number of thiazole rings is 1. The van der Waals surface area contributed by atoms with E-state index in [-0.39, 0.29) is 11.1 Å². The second-order valence-electron chi connectivity index (χ2n) is 9.87. The number of nitrogens with zero attached hydrogens (tertiary/aromatic N) is 5. The number of halogens is 4. The van der Waals surface area contributed by atoms with Crippen LogP contribution in [0.15, 0.2) is 34.8 Å². The van der Waals surface area contributed by atoms with Gasteiger partial charge in [0.1, 0.15) is 40.9 Å². The maximum absolute atomic E-state index is 13.7. The first-order valence-electron chi connectivity index (χ1n) is 13.2. The second kappa shape index (κ2) is 12.5. The summed E-state index contributed by atoms with van der Waals surface area (Å²) in [4.78, 5) is 24.2. The number of amides is 1. The average Bonchev–Trinajstić information content (AvgIpc) is 3.76. The molecule has 1 aromatic carbocycles. The van der Waals surface area contributed by atoms with E-state index in [4.69, 9.17) is 25.7 Å². The van der Waals surface area contributed by atoms with Gasteiger partial charge in [-0.25, -0.2) is 31.5 Å². The zero-order valence-electron chi connectivity index (χ0n) is 22.6. The smallest absolute Gasteiger partial charge is 0.342 e. The number of likely N-dealkylation sites (tertiary alicyclic amines) is 1. The van der Waals surface area contributed by atoms with Crippen molar-refractivity contribution >= 4 is 28.1 Å². The molecule has 1 atom stereocenters. The molecule has 2 aliphatic heterocycles. The number of carbonyl (C=O) groups is 1. The maximum Gasteiger partial charge on any atom is 0.342 e. The molecule has 9 nitrogen and oxygen atoms in total. The van der Waals surface area contributed by atoms with Crippen LogP contribution in [0.2, 0.25) is 0 Å². The van der Waals surface area contributed by atoms with Gasteiger partial charge >= 0.3 is 5.91 Å². The predicted octanol–water partition coefficient (Wildman–Crippen LogP) is 5.82. The number of oxime groups is 1. The number of hydrogen-bond acceptors (Lipinski definition) is 8. The van der Waals surface area contributed by atoms with Crippen molar-refractivity contribution in [3.8, 4) is 23.8 Å². The lowest BCUT2D eigenvalue weighted by Gasteiger charge is -2.36. The predicted molar refractivity (Wildman–Crippen MR) is 147 cm³/mol. The second-order valence-corrected chi connectivity index (χ2v) is 10.7. The van der Waals surface area contributed by atoms with Crippen LogP contribution in [0, 0.1) is 12.3 Å². The van der Waals surface area contributed by atoms with Crippen molar-refractivity contribution in [2.45, 2.75) is 51.2 Å². The van der Waals surface area contributed by atoms with E-state index in [1.165, 1.54) is 11.3 Å². The van der Waals surface area contributed by atoms with E-state index >= 15 is 0 Å². The summed E-state index contributed by atoms with van der Waals surface area (Å²) in [6, 6.07) is 5.95. The zero-order chi connectivity index (χ0) is 29.9. The number of alkyl halides is 4. The van der Waals surface area contributed by atoms with Crippen molar-refractivity contribution in [3.63, 3.8) is 0 Å². The first-order chi connectivity index (χ1) is 20.3. The third kappa shape index (κ3) is 5.84. The lowest BCUT2D eigenvalue weighted by atomic mass is 10.0. The number of ether oxygens (including phenoxy) is 2. The molecule has 1 fully saturated rings. The molecule has 2 aliphatic rings. The van der Waals surface area contributed by atoms with Gasteiger partial charge in [-0.3, -0.25) is 0 Å².